The van der Waals surface area contributed by atoms with Gasteiger partial charge >= 0.3 is 0 Å². The number of aryl methyl sites for hydroxylation is 1. The standard InChI is InChI=1S/C14H16N2O.C10H20N4O3S/c17-8-15-12-9-2-1-3-11(9)16-13-10(12)4-5-14(13)6-7-14;1-3-4-16-8-6-14-10(17-7-8)9(5-11)18(12,15)13-2/h8H,1-7H2,(H,15,16,17);5,8H,3-4,6-7,11H2,1-2H3,(H2,12,13,15)/b;9-5+. The smallest absolute Gasteiger partial charge is 0.229 e. The number of rotatable bonds is 7. The van der Waals surface area contributed by atoms with Gasteiger partial charge in [-0.1, -0.05) is 6.92 Å². The van der Waals surface area contributed by atoms with E-state index in [0.717, 1.165) is 44.0 Å². The predicted octanol–water partition coefficient (Wildman–Crippen LogP) is 2.10. The molecule has 0 bridgehead atoms. The summed E-state index contributed by atoms with van der Waals surface area (Å²) in [6, 6.07) is 0. The van der Waals surface area contributed by atoms with Gasteiger partial charge in [0.2, 0.25) is 12.3 Å². The minimum absolute atomic E-state index is 0.0832. The van der Waals surface area contributed by atoms with E-state index in [0.29, 0.717) is 25.2 Å². The zero-order chi connectivity index (χ0) is 25.1. The number of hydrogen-bond donors (Lipinski definition) is 3. The minimum atomic E-state index is -3.03. The van der Waals surface area contributed by atoms with E-state index in [1.165, 1.54) is 55.2 Å². The molecule has 192 valence electrons. The lowest BCUT2D eigenvalue weighted by molar-refractivity contribution is -0.105. The first-order valence-corrected chi connectivity index (χ1v) is 13.9. The van der Waals surface area contributed by atoms with E-state index in [1.54, 1.807) is 0 Å². The molecule has 1 fully saturated rings. The van der Waals surface area contributed by atoms with Crippen molar-refractivity contribution in [3.8, 4) is 0 Å². The van der Waals surface area contributed by atoms with Crippen LogP contribution in [0.1, 0.15) is 61.5 Å². The zero-order valence-electron chi connectivity index (χ0n) is 20.5. The Morgan fingerprint density at radius 2 is 2.11 bits per heavy atom. The molecular weight excluding hydrogens is 468 g/mol. The average molecular weight is 505 g/mol. The molecule has 5 rings (SSSR count). The van der Waals surface area contributed by atoms with Crippen molar-refractivity contribution in [2.45, 2.75) is 69.8 Å². The van der Waals surface area contributed by atoms with Crippen molar-refractivity contribution in [1.82, 2.24) is 4.98 Å². The van der Waals surface area contributed by atoms with Crippen LogP contribution in [0.3, 0.4) is 0 Å². The Balaban J connectivity index is 0.000000165. The number of hydrogen-bond acceptors (Lipinski definition) is 8. The Labute approximate surface area is 207 Å². The fourth-order valence-electron chi connectivity index (χ4n) is 5.04. The van der Waals surface area contributed by atoms with Gasteiger partial charge in [-0.25, -0.2) is 18.7 Å². The molecule has 4 aliphatic rings. The van der Waals surface area contributed by atoms with Crippen LogP contribution in [0.5, 0.6) is 0 Å². The third-order valence-electron chi connectivity index (χ3n) is 7.09. The summed E-state index contributed by atoms with van der Waals surface area (Å²) in [6.07, 6.45) is 11.1. The van der Waals surface area contributed by atoms with Gasteiger partial charge in [-0.3, -0.25) is 9.78 Å². The lowest BCUT2D eigenvalue weighted by Crippen LogP contribution is -2.34. The number of aliphatic imine (C=N–C) groups is 1. The summed E-state index contributed by atoms with van der Waals surface area (Å²) in [4.78, 5) is 20.0. The number of fused-ring (bicyclic) bond motifs is 3. The van der Waals surface area contributed by atoms with Crippen molar-refractivity contribution in [3.63, 3.8) is 0 Å². The second kappa shape index (κ2) is 10.6. The first kappa shape index (κ1) is 25.6. The highest BCUT2D eigenvalue weighted by atomic mass is 32.2. The van der Waals surface area contributed by atoms with Crippen LogP contribution >= 0.6 is 0 Å². The SMILES string of the molecule is CCCOC1CN=C(/C(=C\N)S(N)(=O)=NC)OC1.O=CNc1c2c(nc3c1CCC31CC1)CCC2. The minimum Gasteiger partial charge on any atom is -0.474 e. The molecule has 2 atom stereocenters. The number of aromatic nitrogens is 1. The molecule has 0 aromatic carbocycles. The molecule has 11 heteroatoms. The zero-order valence-corrected chi connectivity index (χ0v) is 21.4. The number of carbonyl (C=O) groups excluding carboxylic acids is 1. The molecule has 2 unspecified atom stereocenters. The Morgan fingerprint density at radius 3 is 2.71 bits per heavy atom. The van der Waals surface area contributed by atoms with Crippen molar-refractivity contribution in [3.05, 3.63) is 33.6 Å². The van der Waals surface area contributed by atoms with Gasteiger partial charge in [-0.15, -0.1) is 0 Å². The fourth-order valence-corrected chi connectivity index (χ4v) is 5.81. The summed E-state index contributed by atoms with van der Waals surface area (Å²) >= 11 is 0. The second-order valence-corrected chi connectivity index (χ2v) is 11.3. The van der Waals surface area contributed by atoms with Crippen molar-refractivity contribution >= 4 is 27.9 Å². The molecule has 35 heavy (non-hydrogen) atoms. The van der Waals surface area contributed by atoms with E-state index < -0.39 is 9.92 Å². The third-order valence-corrected chi connectivity index (χ3v) is 8.57. The van der Waals surface area contributed by atoms with E-state index >= 15 is 0 Å². The maximum Gasteiger partial charge on any atom is 0.229 e. The number of amides is 1. The van der Waals surface area contributed by atoms with Gasteiger partial charge in [0.25, 0.3) is 0 Å². The molecule has 1 aromatic heterocycles. The number of nitrogens with zero attached hydrogens (tertiary/aromatic N) is 3. The second-order valence-electron chi connectivity index (χ2n) is 9.37. The largest absolute Gasteiger partial charge is 0.474 e. The molecule has 1 saturated carbocycles. The van der Waals surface area contributed by atoms with E-state index in [9.17, 15) is 9.00 Å². The normalized spacial score (nSPS) is 23.1. The van der Waals surface area contributed by atoms with Crippen molar-refractivity contribution in [2.75, 3.05) is 32.1 Å². The number of nitrogens with one attached hydrogen (secondary N) is 1. The van der Waals surface area contributed by atoms with Gasteiger partial charge < -0.3 is 20.5 Å². The number of nitrogens with two attached hydrogens (primary N) is 2. The maximum atomic E-state index is 11.9. The summed E-state index contributed by atoms with van der Waals surface area (Å²) in [5, 5.41) is 8.49. The van der Waals surface area contributed by atoms with Crippen LogP contribution in [-0.2, 0) is 48.9 Å². The predicted molar refractivity (Wildman–Crippen MR) is 136 cm³/mol. The number of pyridine rings is 1. The molecule has 10 nitrogen and oxygen atoms in total. The molecule has 3 aliphatic carbocycles. The van der Waals surface area contributed by atoms with E-state index in [4.69, 9.17) is 25.3 Å². The van der Waals surface area contributed by atoms with Gasteiger partial charge in [0.05, 0.1) is 17.9 Å². The molecule has 0 saturated heterocycles. The highest BCUT2D eigenvalue weighted by Gasteiger charge is 2.51. The summed E-state index contributed by atoms with van der Waals surface area (Å²) in [5.74, 6) is 0.187. The first-order chi connectivity index (χ1) is 16.9. The monoisotopic (exact) mass is 504 g/mol. The van der Waals surface area contributed by atoms with Gasteiger partial charge in [0, 0.05) is 31.0 Å². The van der Waals surface area contributed by atoms with E-state index in [-0.39, 0.29) is 16.9 Å². The fraction of sp³-hybridized carbons (Fsp3) is 0.625. The summed E-state index contributed by atoms with van der Waals surface area (Å²) in [7, 11) is -1.67. The topological polar surface area (TPSA) is 154 Å². The average Bonchev–Trinajstić information content (AvgIpc) is 3.34. The summed E-state index contributed by atoms with van der Waals surface area (Å²) in [6.45, 7) is 3.47. The van der Waals surface area contributed by atoms with Crippen LogP contribution in [0.4, 0.5) is 5.69 Å². The van der Waals surface area contributed by atoms with Gasteiger partial charge in [-0.2, -0.15) is 0 Å². The lowest BCUT2D eigenvalue weighted by Gasteiger charge is -2.23. The molecular formula is C24H36N6O4S. The van der Waals surface area contributed by atoms with Gasteiger partial charge in [0.1, 0.15) is 27.5 Å². The molecule has 2 heterocycles. The Morgan fingerprint density at radius 1 is 1.31 bits per heavy atom. The number of carbonyl (C=O) groups is 1. The van der Waals surface area contributed by atoms with Gasteiger partial charge in [0.15, 0.2) is 0 Å². The maximum absolute atomic E-state index is 11.9. The Bertz CT molecular complexity index is 1150. The summed E-state index contributed by atoms with van der Waals surface area (Å²) < 4.78 is 26.4. The van der Waals surface area contributed by atoms with Crippen LogP contribution in [0.25, 0.3) is 0 Å². The van der Waals surface area contributed by atoms with E-state index in [2.05, 4.69) is 14.7 Å². The highest BCUT2D eigenvalue weighted by molar-refractivity contribution is 7.96. The lowest BCUT2D eigenvalue weighted by atomic mass is 10.0. The van der Waals surface area contributed by atoms with Crippen molar-refractivity contribution < 1.29 is 18.5 Å². The van der Waals surface area contributed by atoms with Crippen LogP contribution in [0.2, 0.25) is 0 Å². The molecule has 1 amide bonds. The molecule has 1 aromatic rings. The van der Waals surface area contributed by atoms with Crippen molar-refractivity contribution in [2.24, 2.45) is 20.2 Å². The third kappa shape index (κ3) is 5.22. The molecule has 1 spiro atoms. The van der Waals surface area contributed by atoms with Crippen LogP contribution in [-0.4, -0.2) is 54.4 Å². The number of ether oxygens (including phenoxy) is 2. The van der Waals surface area contributed by atoms with Crippen LogP contribution < -0.4 is 16.2 Å². The quantitative estimate of drug-likeness (QED) is 0.483. The first-order valence-electron chi connectivity index (χ1n) is 12.3. The Kier molecular flexibility index (Phi) is 7.77. The van der Waals surface area contributed by atoms with Crippen LogP contribution in [0, 0.1) is 0 Å². The van der Waals surface area contributed by atoms with Crippen LogP contribution in [0.15, 0.2) is 20.5 Å². The van der Waals surface area contributed by atoms with Crippen molar-refractivity contribution in [1.29, 1.82) is 0 Å². The van der Waals surface area contributed by atoms with Gasteiger partial charge in [-0.05, 0) is 62.5 Å². The highest BCUT2D eigenvalue weighted by Crippen LogP contribution is 2.58. The Hall–Kier alpha value is -2.50. The van der Waals surface area contributed by atoms with E-state index in [1.807, 2.05) is 6.92 Å². The summed E-state index contributed by atoms with van der Waals surface area (Å²) in [5.41, 5.74) is 12.2. The molecule has 5 N–H and O–H groups in total. The molecule has 0 radical (unpaired) electrons. The number of anilines is 1. The molecule has 1 aliphatic heterocycles.